The highest BCUT2D eigenvalue weighted by molar-refractivity contribution is 6.28. The molecule has 2 aromatic carbocycles. The first kappa shape index (κ1) is 27.6. The predicted octanol–water partition coefficient (Wildman–Crippen LogP) is 6.07. The summed E-state index contributed by atoms with van der Waals surface area (Å²) < 4.78 is 27.1. The van der Waals surface area contributed by atoms with Crippen LogP contribution < -0.4 is 11.3 Å². The third kappa shape index (κ3) is 5.26. The van der Waals surface area contributed by atoms with E-state index in [1.54, 1.807) is 29.2 Å². The summed E-state index contributed by atoms with van der Waals surface area (Å²) in [6.45, 7) is 6.59. The molecule has 1 atom stereocenters. The molecule has 1 unspecified atom stereocenters. The number of amides is 1. The standard InChI is InChI=1S/C30H30ClFN4O4/c1-17(2)26(35(14-4-13-33)29(37)19-7-5-18(3)6-8-19)28-34-25-22-15-20(32)9-11-23(22)40-27(25)30(38)36(28)16-21-10-12-24(31)39-21/h5-12,15,17,26H,4,13-14,16,33H2,1-3H3. The molecule has 0 aliphatic carbocycles. The lowest BCUT2D eigenvalue weighted by Crippen LogP contribution is -2.42. The van der Waals surface area contributed by atoms with Crippen molar-refractivity contribution in [2.45, 2.75) is 39.8 Å². The Bertz CT molecular complexity index is 1740. The molecule has 0 aliphatic rings. The first-order valence-electron chi connectivity index (χ1n) is 13.1. The van der Waals surface area contributed by atoms with Gasteiger partial charge in [-0.1, -0.05) is 31.5 Å². The van der Waals surface area contributed by atoms with Crippen molar-refractivity contribution >= 4 is 39.6 Å². The normalized spacial score (nSPS) is 12.5. The topological polar surface area (TPSA) is 108 Å². The number of furan rings is 2. The minimum Gasteiger partial charge on any atom is -0.448 e. The van der Waals surface area contributed by atoms with Crippen molar-refractivity contribution in [1.29, 1.82) is 0 Å². The molecule has 8 nitrogen and oxygen atoms in total. The Morgan fingerprint density at radius 2 is 1.88 bits per heavy atom. The Hall–Kier alpha value is -3.95. The number of hydrogen-bond donors (Lipinski definition) is 1. The molecule has 5 rings (SSSR count). The number of nitrogens with two attached hydrogens (primary N) is 1. The van der Waals surface area contributed by atoms with E-state index in [2.05, 4.69) is 0 Å². The monoisotopic (exact) mass is 564 g/mol. The van der Waals surface area contributed by atoms with Gasteiger partial charge in [-0.2, -0.15) is 0 Å². The van der Waals surface area contributed by atoms with Crippen molar-refractivity contribution in [3.05, 3.63) is 98.7 Å². The Kier molecular flexibility index (Phi) is 7.78. The maximum atomic E-state index is 14.2. The predicted molar refractivity (Wildman–Crippen MR) is 152 cm³/mol. The summed E-state index contributed by atoms with van der Waals surface area (Å²) in [5.74, 6) is -0.107. The molecule has 0 saturated heterocycles. The Labute approximate surface area is 235 Å². The second-order valence-corrected chi connectivity index (χ2v) is 10.6. The molecule has 0 saturated carbocycles. The summed E-state index contributed by atoms with van der Waals surface area (Å²) in [4.78, 5) is 34.6. The summed E-state index contributed by atoms with van der Waals surface area (Å²) in [6.07, 6.45) is 0.543. The van der Waals surface area contributed by atoms with Gasteiger partial charge in [-0.25, -0.2) is 9.37 Å². The van der Waals surface area contributed by atoms with Gasteiger partial charge in [0.2, 0.25) is 5.58 Å². The lowest BCUT2D eigenvalue weighted by Gasteiger charge is -2.35. The highest BCUT2D eigenvalue weighted by Crippen LogP contribution is 2.33. The van der Waals surface area contributed by atoms with Gasteiger partial charge in [0.25, 0.3) is 11.5 Å². The molecule has 0 bridgehead atoms. The first-order chi connectivity index (χ1) is 19.2. The highest BCUT2D eigenvalue weighted by atomic mass is 35.5. The minimum absolute atomic E-state index is 0.00189. The number of nitrogens with zero attached hydrogens (tertiary/aromatic N) is 3. The van der Waals surface area contributed by atoms with Crippen molar-refractivity contribution in [1.82, 2.24) is 14.5 Å². The van der Waals surface area contributed by atoms with Gasteiger partial charge >= 0.3 is 0 Å². The van der Waals surface area contributed by atoms with Crippen molar-refractivity contribution < 1.29 is 18.0 Å². The van der Waals surface area contributed by atoms with E-state index in [1.807, 2.05) is 32.9 Å². The maximum Gasteiger partial charge on any atom is 0.297 e. The molecule has 0 spiro atoms. The first-order valence-corrected chi connectivity index (χ1v) is 13.5. The third-order valence-electron chi connectivity index (χ3n) is 6.90. The third-order valence-corrected chi connectivity index (χ3v) is 7.11. The van der Waals surface area contributed by atoms with E-state index in [-0.39, 0.29) is 34.7 Å². The summed E-state index contributed by atoms with van der Waals surface area (Å²) in [6, 6.07) is 14.0. The van der Waals surface area contributed by atoms with E-state index in [0.717, 1.165) is 5.56 Å². The Balaban J connectivity index is 1.76. The van der Waals surface area contributed by atoms with Crippen molar-refractivity contribution in [3.8, 4) is 0 Å². The Morgan fingerprint density at radius 3 is 2.52 bits per heavy atom. The number of aryl methyl sites for hydroxylation is 1. The number of fused-ring (bicyclic) bond motifs is 3. The van der Waals surface area contributed by atoms with E-state index in [0.29, 0.717) is 47.6 Å². The van der Waals surface area contributed by atoms with Crippen LogP contribution in [0.4, 0.5) is 4.39 Å². The lowest BCUT2D eigenvalue weighted by atomic mass is 9.99. The molecule has 208 valence electrons. The van der Waals surface area contributed by atoms with Gasteiger partial charge in [-0.15, -0.1) is 0 Å². The fraction of sp³-hybridized carbons (Fsp3) is 0.300. The number of aromatic nitrogens is 2. The minimum atomic E-state index is -0.638. The summed E-state index contributed by atoms with van der Waals surface area (Å²) in [5, 5.41) is 0.555. The highest BCUT2D eigenvalue weighted by Gasteiger charge is 2.33. The number of carbonyl (C=O) groups is 1. The van der Waals surface area contributed by atoms with Crippen LogP contribution in [0.5, 0.6) is 0 Å². The van der Waals surface area contributed by atoms with Crippen LogP contribution in [0.1, 0.15) is 53.8 Å². The van der Waals surface area contributed by atoms with Gasteiger partial charge in [0.15, 0.2) is 5.22 Å². The van der Waals surface area contributed by atoms with E-state index < -0.39 is 17.4 Å². The van der Waals surface area contributed by atoms with Gasteiger partial charge in [0, 0.05) is 17.5 Å². The van der Waals surface area contributed by atoms with Gasteiger partial charge in [0.05, 0.1) is 12.6 Å². The van der Waals surface area contributed by atoms with E-state index in [4.69, 9.17) is 31.2 Å². The molecule has 3 heterocycles. The van der Waals surface area contributed by atoms with Crippen molar-refractivity contribution in [3.63, 3.8) is 0 Å². The summed E-state index contributed by atoms with van der Waals surface area (Å²) in [5.41, 5.74) is 7.49. The average molecular weight is 565 g/mol. The van der Waals surface area contributed by atoms with Crippen LogP contribution >= 0.6 is 11.6 Å². The maximum absolute atomic E-state index is 14.2. The van der Waals surface area contributed by atoms with Crippen LogP contribution in [0.2, 0.25) is 5.22 Å². The number of hydrogen-bond acceptors (Lipinski definition) is 6. The van der Waals surface area contributed by atoms with Crippen LogP contribution in [0.15, 0.2) is 68.2 Å². The molecule has 3 aromatic heterocycles. The number of halogens is 2. The van der Waals surface area contributed by atoms with Crippen molar-refractivity contribution in [2.75, 3.05) is 13.1 Å². The zero-order valence-electron chi connectivity index (χ0n) is 22.5. The molecule has 0 fully saturated rings. The number of rotatable bonds is 9. The van der Waals surface area contributed by atoms with E-state index in [9.17, 15) is 14.0 Å². The zero-order chi connectivity index (χ0) is 28.6. The molecule has 0 radical (unpaired) electrons. The average Bonchev–Trinajstić information content (AvgIpc) is 3.50. The molecule has 0 aliphatic heterocycles. The molecular formula is C30H30ClFN4O4. The van der Waals surface area contributed by atoms with Crippen LogP contribution in [-0.2, 0) is 6.54 Å². The molecule has 1 amide bonds. The molecule has 10 heteroatoms. The van der Waals surface area contributed by atoms with E-state index >= 15 is 0 Å². The fourth-order valence-corrected chi connectivity index (χ4v) is 5.14. The molecule has 2 N–H and O–H groups in total. The molecule has 5 aromatic rings. The number of benzene rings is 2. The summed E-state index contributed by atoms with van der Waals surface area (Å²) >= 11 is 6.02. The Morgan fingerprint density at radius 1 is 1.12 bits per heavy atom. The van der Waals surface area contributed by atoms with E-state index in [1.165, 1.54) is 22.8 Å². The number of carbonyl (C=O) groups excluding carboxylic acids is 1. The largest absolute Gasteiger partial charge is 0.448 e. The molecule has 40 heavy (non-hydrogen) atoms. The van der Waals surface area contributed by atoms with Crippen LogP contribution in [0, 0.1) is 18.7 Å². The van der Waals surface area contributed by atoms with Gasteiger partial charge in [0.1, 0.15) is 28.5 Å². The van der Waals surface area contributed by atoms with Crippen LogP contribution in [-0.4, -0.2) is 33.4 Å². The van der Waals surface area contributed by atoms with Crippen LogP contribution in [0.25, 0.3) is 22.1 Å². The summed E-state index contributed by atoms with van der Waals surface area (Å²) in [7, 11) is 0. The second kappa shape index (κ2) is 11.3. The SMILES string of the molecule is Cc1ccc(C(=O)N(CCCN)C(c2nc3c(oc4ccc(F)cc43)c(=O)n2Cc2ccc(Cl)o2)C(C)C)cc1. The smallest absolute Gasteiger partial charge is 0.297 e. The zero-order valence-corrected chi connectivity index (χ0v) is 23.2. The van der Waals surface area contributed by atoms with Crippen LogP contribution in [0.3, 0.4) is 0 Å². The van der Waals surface area contributed by atoms with Gasteiger partial charge < -0.3 is 19.5 Å². The van der Waals surface area contributed by atoms with Gasteiger partial charge in [-0.05, 0) is 79.9 Å². The second-order valence-electron chi connectivity index (χ2n) is 10.2. The van der Waals surface area contributed by atoms with Crippen molar-refractivity contribution in [2.24, 2.45) is 11.7 Å². The lowest BCUT2D eigenvalue weighted by molar-refractivity contribution is 0.0602. The van der Waals surface area contributed by atoms with Gasteiger partial charge in [-0.3, -0.25) is 14.2 Å². The quantitative estimate of drug-likeness (QED) is 0.233. The molecular weight excluding hydrogens is 535 g/mol. The fourth-order valence-electron chi connectivity index (χ4n) is 4.97.